The van der Waals surface area contributed by atoms with Crippen molar-refractivity contribution in [2.45, 2.75) is 46.6 Å². The topological polar surface area (TPSA) is 29.1 Å². The number of carbonyl (C=O) groups is 1. The largest absolute Gasteiger partial charge is 0.349 e. The van der Waals surface area contributed by atoms with Gasteiger partial charge in [0.25, 0.3) is 5.91 Å². The zero-order valence-electron chi connectivity index (χ0n) is 11.6. The highest BCUT2D eigenvalue weighted by Crippen LogP contribution is 2.13. The molecule has 2 nitrogen and oxygen atoms in total. The van der Waals surface area contributed by atoms with Crippen molar-refractivity contribution in [1.29, 1.82) is 0 Å². The molecule has 2 unspecified atom stereocenters. The molecule has 0 aliphatic rings. The molecule has 3 heteroatoms. The van der Waals surface area contributed by atoms with Crippen molar-refractivity contribution in [1.82, 2.24) is 5.32 Å². The zero-order valence-corrected chi connectivity index (χ0v) is 11.6. The van der Waals surface area contributed by atoms with Crippen LogP contribution in [0.2, 0.25) is 0 Å². The van der Waals surface area contributed by atoms with E-state index in [2.05, 4.69) is 19.2 Å². The molecule has 2 atom stereocenters. The van der Waals surface area contributed by atoms with Gasteiger partial charge in [0.15, 0.2) is 0 Å². The number of benzene rings is 1. The normalized spacial score (nSPS) is 14.1. The monoisotopic (exact) mass is 251 g/mol. The third-order valence-corrected chi connectivity index (χ3v) is 3.27. The predicted octanol–water partition coefficient (Wildman–Crippen LogP) is 3.69. The molecule has 0 aromatic heterocycles. The lowest BCUT2D eigenvalue weighted by atomic mass is 10.00. The smallest absolute Gasteiger partial charge is 0.254 e. The lowest BCUT2D eigenvalue weighted by molar-refractivity contribution is 0.0931. The van der Waals surface area contributed by atoms with Crippen molar-refractivity contribution in [3.05, 3.63) is 35.1 Å². The lowest BCUT2D eigenvalue weighted by Gasteiger charge is -2.17. The number of amides is 1. The highest BCUT2D eigenvalue weighted by atomic mass is 19.1. The Hall–Kier alpha value is -1.38. The third kappa shape index (κ3) is 3.83. The molecule has 0 heterocycles. The Balaban J connectivity index is 2.68. The molecule has 1 rings (SSSR count). The van der Waals surface area contributed by atoms with Crippen LogP contribution in [-0.4, -0.2) is 11.9 Å². The highest BCUT2D eigenvalue weighted by molar-refractivity contribution is 5.94. The summed E-state index contributed by atoms with van der Waals surface area (Å²) in [4.78, 5) is 11.9. The summed E-state index contributed by atoms with van der Waals surface area (Å²) in [5, 5.41) is 2.85. The van der Waals surface area contributed by atoms with Crippen LogP contribution in [0.5, 0.6) is 0 Å². The second-order valence-electron chi connectivity index (χ2n) is 5.06. The van der Waals surface area contributed by atoms with E-state index >= 15 is 0 Å². The number of hydrogen-bond acceptors (Lipinski definition) is 1. The first-order chi connectivity index (χ1) is 8.45. The van der Waals surface area contributed by atoms with Crippen LogP contribution >= 0.6 is 0 Å². The Kier molecular flexibility index (Phi) is 5.32. The second kappa shape index (κ2) is 6.53. The molecule has 18 heavy (non-hydrogen) atoms. The van der Waals surface area contributed by atoms with E-state index in [4.69, 9.17) is 0 Å². The van der Waals surface area contributed by atoms with Crippen molar-refractivity contribution in [3.8, 4) is 0 Å². The minimum absolute atomic E-state index is 0.0624. The Labute approximate surface area is 109 Å². The summed E-state index contributed by atoms with van der Waals surface area (Å²) >= 11 is 0. The SMILES string of the molecule is CCC(C)CC(C)NC(=O)c1cccc(C)c1F. The average molecular weight is 251 g/mol. The van der Waals surface area contributed by atoms with Gasteiger partial charge in [-0.1, -0.05) is 32.4 Å². The lowest BCUT2D eigenvalue weighted by Crippen LogP contribution is -2.34. The quantitative estimate of drug-likeness (QED) is 0.849. The Morgan fingerprint density at radius 1 is 1.39 bits per heavy atom. The minimum atomic E-state index is -0.425. The first-order valence-corrected chi connectivity index (χ1v) is 6.51. The predicted molar refractivity (Wildman–Crippen MR) is 72.1 cm³/mol. The first-order valence-electron chi connectivity index (χ1n) is 6.51. The molecule has 0 saturated heterocycles. The number of rotatable bonds is 5. The molecule has 0 bridgehead atoms. The Bertz CT molecular complexity index is 417. The summed E-state index contributed by atoms with van der Waals surface area (Å²) in [6.45, 7) is 7.89. The van der Waals surface area contributed by atoms with Gasteiger partial charge in [0, 0.05) is 6.04 Å². The maximum absolute atomic E-state index is 13.8. The van der Waals surface area contributed by atoms with Crippen LogP contribution in [0, 0.1) is 18.7 Å². The summed E-state index contributed by atoms with van der Waals surface area (Å²) in [5.74, 6) is -0.194. The third-order valence-electron chi connectivity index (χ3n) is 3.27. The van der Waals surface area contributed by atoms with Crippen LogP contribution in [0.3, 0.4) is 0 Å². The maximum Gasteiger partial charge on any atom is 0.254 e. The van der Waals surface area contributed by atoms with Gasteiger partial charge in [-0.05, 0) is 37.8 Å². The molecule has 100 valence electrons. The summed E-state index contributed by atoms with van der Waals surface area (Å²) in [6, 6.07) is 4.95. The maximum atomic E-state index is 13.8. The molecular formula is C15H22FNO. The van der Waals surface area contributed by atoms with Crippen LogP contribution < -0.4 is 5.32 Å². The van der Waals surface area contributed by atoms with Gasteiger partial charge in [-0.3, -0.25) is 4.79 Å². The van der Waals surface area contributed by atoms with Crippen LogP contribution in [0.4, 0.5) is 4.39 Å². The van der Waals surface area contributed by atoms with Gasteiger partial charge in [-0.2, -0.15) is 0 Å². The molecule has 1 amide bonds. The van der Waals surface area contributed by atoms with E-state index in [0.717, 1.165) is 12.8 Å². The molecule has 1 aromatic rings. The fourth-order valence-electron chi connectivity index (χ4n) is 1.95. The van der Waals surface area contributed by atoms with Crippen LogP contribution in [-0.2, 0) is 0 Å². The molecule has 0 spiro atoms. The van der Waals surface area contributed by atoms with E-state index in [9.17, 15) is 9.18 Å². The number of halogens is 1. The molecule has 0 aliphatic heterocycles. The van der Waals surface area contributed by atoms with Crippen molar-refractivity contribution < 1.29 is 9.18 Å². The van der Waals surface area contributed by atoms with Gasteiger partial charge < -0.3 is 5.32 Å². The van der Waals surface area contributed by atoms with Crippen LogP contribution in [0.1, 0.15) is 49.5 Å². The van der Waals surface area contributed by atoms with Crippen molar-refractivity contribution in [2.75, 3.05) is 0 Å². The number of hydrogen-bond donors (Lipinski definition) is 1. The molecule has 1 N–H and O–H groups in total. The Morgan fingerprint density at radius 2 is 2.06 bits per heavy atom. The minimum Gasteiger partial charge on any atom is -0.349 e. The van der Waals surface area contributed by atoms with Crippen molar-refractivity contribution in [2.24, 2.45) is 5.92 Å². The van der Waals surface area contributed by atoms with Crippen LogP contribution in [0.15, 0.2) is 18.2 Å². The molecular weight excluding hydrogens is 229 g/mol. The summed E-state index contributed by atoms with van der Waals surface area (Å²) in [7, 11) is 0. The number of carbonyl (C=O) groups excluding carboxylic acids is 1. The van der Waals surface area contributed by atoms with Crippen LogP contribution in [0.25, 0.3) is 0 Å². The van der Waals surface area contributed by atoms with E-state index < -0.39 is 5.82 Å². The summed E-state index contributed by atoms with van der Waals surface area (Å²) < 4.78 is 13.8. The fourth-order valence-corrected chi connectivity index (χ4v) is 1.95. The first kappa shape index (κ1) is 14.7. The molecule has 0 saturated carbocycles. The number of nitrogens with one attached hydrogen (secondary N) is 1. The summed E-state index contributed by atoms with van der Waals surface area (Å²) in [6.07, 6.45) is 1.99. The van der Waals surface area contributed by atoms with Gasteiger partial charge in [0.05, 0.1) is 5.56 Å². The zero-order chi connectivity index (χ0) is 13.7. The Morgan fingerprint density at radius 3 is 2.67 bits per heavy atom. The van der Waals surface area contributed by atoms with Gasteiger partial charge in [-0.15, -0.1) is 0 Å². The van der Waals surface area contributed by atoms with E-state index in [1.165, 1.54) is 6.07 Å². The van der Waals surface area contributed by atoms with E-state index in [0.29, 0.717) is 11.5 Å². The van der Waals surface area contributed by atoms with Gasteiger partial charge in [-0.25, -0.2) is 4.39 Å². The molecule has 0 radical (unpaired) electrons. The molecule has 0 fully saturated rings. The van der Waals surface area contributed by atoms with E-state index in [1.54, 1.807) is 19.1 Å². The average Bonchev–Trinajstić information content (AvgIpc) is 2.32. The van der Waals surface area contributed by atoms with E-state index in [1.807, 2.05) is 6.92 Å². The molecule has 1 aromatic carbocycles. The summed E-state index contributed by atoms with van der Waals surface area (Å²) in [5.41, 5.74) is 0.628. The van der Waals surface area contributed by atoms with Gasteiger partial charge in [0.1, 0.15) is 5.82 Å². The van der Waals surface area contributed by atoms with E-state index in [-0.39, 0.29) is 17.5 Å². The second-order valence-corrected chi connectivity index (χ2v) is 5.06. The highest BCUT2D eigenvalue weighted by Gasteiger charge is 2.16. The van der Waals surface area contributed by atoms with Gasteiger partial charge >= 0.3 is 0 Å². The number of aryl methyl sites for hydroxylation is 1. The van der Waals surface area contributed by atoms with Crippen molar-refractivity contribution in [3.63, 3.8) is 0 Å². The van der Waals surface area contributed by atoms with Gasteiger partial charge in [0.2, 0.25) is 0 Å². The molecule has 0 aliphatic carbocycles. The van der Waals surface area contributed by atoms with Crippen molar-refractivity contribution >= 4 is 5.91 Å². The standard InChI is InChI=1S/C15H22FNO/c1-5-10(2)9-12(4)17-15(18)13-8-6-7-11(3)14(13)16/h6-8,10,12H,5,9H2,1-4H3,(H,17,18). The fraction of sp³-hybridized carbons (Fsp3) is 0.533.